The monoisotopic (exact) mass is 355 g/mol. The maximum Gasteiger partial charge on any atom is 0.174 e. The molecule has 1 saturated carbocycles. The Morgan fingerprint density at radius 3 is 2.57 bits per heavy atom. The van der Waals surface area contributed by atoms with E-state index in [0.717, 1.165) is 34.4 Å². The zero-order valence-corrected chi connectivity index (χ0v) is 15.0. The molecule has 4 heteroatoms. The largest absolute Gasteiger partial charge is 0.493 e. The van der Waals surface area contributed by atoms with Gasteiger partial charge in [0, 0.05) is 12.6 Å². The molecule has 0 amide bonds. The highest BCUT2D eigenvalue weighted by molar-refractivity contribution is 9.10. The Morgan fingerprint density at radius 1 is 1.24 bits per heavy atom. The number of hydrogen-bond donors (Lipinski definition) is 1. The Kier molecular flexibility index (Phi) is 5.94. The first kappa shape index (κ1) is 16.6. The van der Waals surface area contributed by atoms with Crippen LogP contribution in [0.2, 0.25) is 0 Å². The van der Waals surface area contributed by atoms with Crippen LogP contribution in [0, 0.1) is 11.8 Å². The number of halogens is 1. The molecule has 0 radical (unpaired) electrons. The number of ether oxygens (including phenoxy) is 2. The topological polar surface area (TPSA) is 30.5 Å². The van der Waals surface area contributed by atoms with Crippen molar-refractivity contribution < 1.29 is 9.47 Å². The van der Waals surface area contributed by atoms with Crippen molar-refractivity contribution in [2.45, 2.75) is 45.7 Å². The molecule has 3 atom stereocenters. The van der Waals surface area contributed by atoms with E-state index in [1.54, 1.807) is 14.2 Å². The van der Waals surface area contributed by atoms with Gasteiger partial charge in [0.1, 0.15) is 0 Å². The lowest BCUT2D eigenvalue weighted by molar-refractivity contribution is 0.342. The highest BCUT2D eigenvalue weighted by Gasteiger charge is 2.30. The Hall–Kier alpha value is -0.740. The molecule has 21 heavy (non-hydrogen) atoms. The number of hydrogen-bond acceptors (Lipinski definition) is 3. The predicted octanol–water partition coefficient (Wildman–Crippen LogP) is 4.38. The summed E-state index contributed by atoms with van der Waals surface area (Å²) in [6.07, 6.45) is 3.93. The molecule has 3 nitrogen and oxygen atoms in total. The molecular formula is C17H26BrNO2. The van der Waals surface area contributed by atoms with E-state index in [2.05, 4.69) is 41.2 Å². The van der Waals surface area contributed by atoms with E-state index >= 15 is 0 Å². The minimum Gasteiger partial charge on any atom is -0.493 e. The number of nitrogens with one attached hydrogen (secondary N) is 1. The van der Waals surface area contributed by atoms with Crippen molar-refractivity contribution in [3.05, 3.63) is 22.2 Å². The molecule has 1 aromatic carbocycles. The van der Waals surface area contributed by atoms with Crippen LogP contribution in [0.15, 0.2) is 16.6 Å². The van der Waals surface area contributed by atoms with Crippen LogP contribution in [0.1, 0.15) is 38.7 Å². The van der Waals surface area contributed by atoms with Crippen LogP contribution in [0.5, 0.6) is 11.5 Å². The van der Waals surface area contributed by atoms with Gasteiger partial charge >= 0.3 is 0 Å². The standard InChI is InChI=1S/C17H26BrNO2/c1-5-13-6-7-15(11(13)2)19-10-12-8-14(18)17(21-4)16(9-12)20-3/h8-9,11,13,15,19H,5-7,10H2,1-4H3. The lowest BCUT2D eigenvalue weighted by Gasteiger charge is -2.21. The molecule has 0 spiro atoms. The highest BCUT2D eigenvalue weighted by Crippen LogP contribution is 2.37. The predicted molar refractivity (Wildman–Crippen MR) is 90.1 cm³/mol. The maximum absolute atomic E-state index is 5.40. The molecule has 2 rings (SSSR count). The summed E-state index contributed by atoms with van der Waals surface area (Å²) >= 11 is 3.55. The average molecular weight is 356 g/mol. The molecule has 1 aliphatic carbocycles. The van der Waals surface area contributed by atoms with Crippen molar-refractivity contribution in [1.82, 2.24) is 5.32 Å². The van der Waals surface area contributed by atoms with Gasteiger partial charge in [-0.05, 0) is 58.3 Å². The van der Waals surface area contributed by atoms with E-state index in [1.807, 2.05) is 6.07 Å². The van der Waals surface area contributed by atoms with Gasteiger partial charge in [-0.2, -0.15) is 0 Å². The van der Waals surface area contributed by atoms with Crippen LogP contribution in [0.25, 0.3) is 0 Å². The maximum atomic E-state index is 5.40. The molecule has 0 aliphatic heterocycles. The Bertz CT molecular complexity index is 478. The zero-order chi connectivity index (χ0) is 15.4. The van der Waals surface area contributed by atoms with Gasteiger partial charge in [-0.3, -0.25) is 0 Å². The van der Waals surface area contributed by atoms with Crippen molar-refractivity contribution in [2.75, 3.05) is 14.2 Å². The van der Waals surface area contributed by atoms with E-state index in [4.69, 9.17) is 9.47 Å². The summed E-state index contributed by atoms with van der Waals surface area (Å²) < 4.78 is 11.7. The Morgan fingerprint density at radius 2 is 2.00 bits per heavy atom. The van der Waals surface area contributed by atoms with E-state index in [-0.39, 0.29) is 0 Å². The molecule has 3 unspecified atom stereocenters. The molecule has 1 aliphatic rings. The van der Waals surface area contributed by atoms with Gasteiger partial charge in [-0.15, -0.1) is 0 Å². The molecule has 0 aromatic heterocycles. The molecular weight excluding hydrogens is 330 g/mol. The molecule has 0 saturated heterocycles. The fourth-order valence-corrected chi connectivity index (χ4v) is 4.09. The summed E-state index contributed by atoms with van der Waals surface area (Å²) in [5, 5.41) is 3.71. The first-order valence-corrected chi connectivity index (χ1v) is 8.53. The van der Waals surface area contributed by atoms with Gasteiger partial charge in [0.15, 0.2) is 11.5 Å². The third kappa shape index (κ3) is 3.72. The van der Waals surface area contributed by atoms with Crippen LogP contribution in [-0.4, -0.2) is 20.3 Å². The third-order valence-corrected chi connectivity index (χ3v) is 5.40. The second kappa shape index (κ2) is 7.50. The molecule has 1 fully saturated rings. The number of rotatable bonds is 6. The van der Waals surface area contributed by atoms with Gasteiger partial charge in [-0.25, -0.2) is 0 Å². The van der Waals surface area contributed by atoms with Crippen molar-refractivity contribution in [3.8, 4) is 11.5 Å². The van der Waals surface area contributed by atoms with E-state index in [1.165, 1.54) is 24.8 Å². The molecule has 0 bridgehead atoms. The average Bonchev–Trinajstić information content (AvgIpc) is 2.84. The highest BCUT2D eigenvalue weighted by atomic mass is 79.9. The summed E-state index contributed by atoms with van der Waals surface area (Å²) in [6.45, 7) is 5.54. The Balaban J connectivity index is 2.02. The summed E-state index contributed by atoms with van der Waals surface area (Å²) in [7, 11) is 3.33. The third-order valence-electron chi connectivity index (χ3n) is 4.81. The van der Waals surface area contributed by atoms with Gasteiger partial charge in [-0.1, -0.05) is 20.3 Å². The molecule has 1 aromatic rings. The van der Waals surface area contributed by atoms with Gasteiger partial charge < -0.3 is 14.8 Å². The lowest BCUT2D eigenvalue weighted by Crippen LogP contribution is -2.32. The van der Waals surface area contributed by atoms with Crippen LogP contribution >= 0.6 is 15.9 Å². The van der Waals surface area contributed by atoms with Crippen molar-refractivity contribution in [2.24, 2.45) is 11.8 Å². The summed E-state index contributed by atoms with van der Waals surface area (Å²) in [4.78, 5) is 0. The molecule has 118 valence electrons. The zero-order valence-electron chi connectivity index (χ0n) is 13.4. The second-order valence-electron chi connectivity index (χ2n) is 5.91. The normalized spacial score (nSPS) is 25.1. The molecule has 1 N–H and O–H groups in total. The lowest BCUT2D eigenvalue weighted by atomic mass is 9.93. The van der Waals surface area contributed by atoms with Crippen molar-refractivity contribution in [3.63, 3.8) is 0 Å². The molecule has 0 heterocycles. The van der Waals surface area contributed by atoms with Gasteiger partial charge in [0.2, 0.25) is 0 Å². The van der Waals surface area contributed by atoms with Crippen LogP contribution < -0.4 is 14.8 Å². The fourth-order valence-electron chi connectivity index (χ4n) is 3.43. The van der Waals surface area contributed by atoms with Gasteiger partial charge in [0.25, 0.3) is 0 Å². The van der Waals surface area contributed by atoms with Crippen molar-refractivity contribution >= 4 is 15.9 Å². The van der Waals surface area contributed by atoms with E-state index in [9.17, 15) is 0 Å². The summed E-state index contributed by atoms with van der Waals surface area (Å²) in [5.74, 6) is 3.16. The first-order valence-electron chi connectivity index (χ1n) is 7.74. The number of methoxy groups -OCH3 is 2. The van der Waals surface area contributed by atoms with E-state index in [0.29, 0.717) is 6.04 Å². The van der Waals surface area contributed by atoms with Gasteiger partial charge in [0.05, 0.1) is 18.7 Å². The fraction of sp³-hybridized carbons (Fsp3) is 0.647. The minimum absolute atomic E-state index is 0.627. The summed E-state index contributed by atoms with van der Waals surface area (Å²) in [5.41, 5.74) is 1.21. The second-order valence-corrected chi connectivity index (χ2v) is 6.76. The summed E-state index contributed by atoms with van der Waals surface area (Å²) in [6, 6.07) is 4.78. The van der Waals surface area contributed by atoms with Crippen LogP contribution in [0.3, 0.4) is 0 Å². The van der Waals surface area contributed by atoms with Crippen molar-refractivity contribution in [1.29, 1.82) is 0 Å². The SMILES string of the molecule is CCC1CCC(NCc2cc(Br)c(OC)c(OC)c2)C1C. The first-order chi connectivity index (χ1) is 10.1. The smallest absolute Gasteiger partial charge is 0.174 e. The van der Waals surface area contributed by atoms with Crippen LogP contribution in [-0.2, 0) is 6.54 Å². The number of benzene rings is 1. The Labute approximate surface area is 136 Å². The van der Waals surface area contributed by atoms with Crippen LogP contribution in [0.4, 0.5) is 0 Å². The minimum atomic E-state index is 0.627. The van der Waals surface area contributed by atoms with E-state index < -0.39 is 0 Å². The quantitative estimate of drug-likeness (QED) is 0.821.